The molecular formula is C23H26F3N5O4. The van der Waals surface area contributed by atoms with E-state index in [1.807, 2.05) is 0 Å². The molecule has 1 fully saturated rings. The second-order valence-electron chi connectivity index (χ2n) is 8.18. The van der Waals surface area contributed by atoms with Gasteiger partial charge >= 0.3 is 6.18 Å². The normalized spacial score (nSPS) is 14.9. The van der Waals surface area contributed by atoms with Gasteiger partial charge in [0.2, 0.25) is 5.88 Å². The standard InChI is InChI=1S/C23H26F3N5O4/c1-33-19-3-2-16(12-27-19)17-10-18-20(29-13-17)30-21(28-11-15-4-7-34-8-5-15)22(32)31(18)6-9-35-14-23(24,25)26/h2-3,10,12-13,15H,4-9,11,14H2,1H3,(H,28,29,30). The fourth-order valence-corrected chi connectivity index (χ4v) is 3.82. The number of fused-ring (bicyclic) bond motifs is 1. The molecule has 0 amide bonds. The van der Waals surface area contributed by atoms with Crippen LogP contribution in [0.3, 0.4) is 0 Å². The van der Waals surface area contributed by atoms with Crippen molar-refractivity contribution in [3.05, 3.63) is 40.9 Å². The average molecular weight is 493 g/mol. The van der Waals surface area contributed by atoms with Crippen molar-refractivity contribution in [2.75, 3.05) is 45.4 Å². The van der Waals surface area contributed by atoms with E-state index in [9.17, 15) is 18.0 Å². The predicted octanol–water partition coefficient (Wildman–Crippen LogP) is 3.28. The lowest BCUT2D eigenvalue weighted by Crippen LogP contribution is -2.30. The lowest BCUT2D eigenvalue weighted by atomic mass is 10.0. The highest BCUT2D eigenvalue weighted by atomic mass is 19.4. The number of hydrogen-bond acceptors (Lipinski definition) is 8. The number of hydrogen-bond donors (Lipinski definition) is 1. The molecule has 4 rings (SSSR count). The zero-order valence-electron chi connectivity index (χ0n) is 19.2. The van der Waals surface area contributed by atoms with Gasteiger partial charge in [-0.2, -0.15) is 13.2 Å². The van der Waals surface area contributed by atoms with E-state index >= 15 is 0 Å². The van der Waals surface area contributed by atoms with Crippen LogP contribution in [-0.4, -0.2) is 65.8 Å². The number of aromatic nitrogens is 4. The number of nitrogens with zero attached hydrogens (tertiary/aromatic N) is 4. The summed E-state index contributed by atoms with van der Waals surface area (Å²) in [7, 11) is 1.51. The Morgan fingerprint density at radius 3 is 2.63 bits per heavy atom. The lowest BCUT2D eigenvalue weighted by molar-refractivity contribution is -0.174. The molecule has 3 aromatic heterocycles. The minimum Gasteiger partial charge on any atom is -0.481 e. The van der Waals surface area contributed by atoms with Crippen LogP contribution in [0.4, 0.5) is 19.0 Å². The summed E-state index contributed by atoms with van der Waals surface area (Å²) in [6.07, 6.45) is 0.511. The Balaban J connectivity index is 1.65. The van der Waals surface area contributed by atoms with E-state index in [1.54, 1.807) is 30.6 Å². The topological polar surface area (TPSA) is 100 Å². The Labute approximate surface area is 199 Å². The largest absolute Gasteiger partial charge is 0.481 e. The maximum Gasteiger partial charge on any atom is 0.411 e. The van der Waals surface area contributed by atoms with Crippen molar-refractivity contribution in [1.82, 2.24) is 19.5 Å². The first kappa shape index (κ1) is 24.9. The van der Waals surface area contributed by atoms with Crippen LogP contribution >= 0.6 is 0 Å². The van der Waals surface area contributed by atoms with Crippen LogP contribution in [0.2, 0.25) is 0 Å². The molecule has 0 unspecified atom stereocenters. The van der Waals surface area contributed by atoms with E-state index in [4.69, 9.17) is 14.2 Å². The van der Waals surface area contributed by atoms with Crippen molar-refractivity contribution < 1.29 is 27.4 Å². The van der Waals surface area contributed by atoms with Gasteiger partial charge in [0, 0.05) is 55.9 Å². The molecule has 0 aliphatic carbocycles. The molecular weight excluding hydrogens is 467 g/mol. The van der Waals surface area contributed by atoms with E-state index < -0.39 is 18.3 Å². The van der Waals surface area contributed by atoms with Gasteiger partial charge < -0.3 is 19.5 Å². The van der Waals surface area contributed by atoms with Gasteiger partial charge in [0.25, 0.3) is 5.56 Å². The molecule has 1 aliphatic heterocycles. The van der Waals surface area contributed by atoms with E-state index in [0.29, 0.717) is 48.3 Å². The number of alkyl halides is 3. The van der Waals surface area contributed by atoms with Gasteiger partial charge in [0.1, 0.15) is 6.61 Å². The number of anilines is 1. The number of halogens is 3. The fraction of sp³-hybridized carbons (Fsp3) is 0.478. The van der Waals surface area contributed by atoms with Gasteiger partial charge in [0.05, 0.1) is 19.2 Å². The third kappa shape index (κ3) is 6.45. The van der Waals surface area contributed by atoms with Crippen LogP contribution in [0.5, 0.6) is 5.88 Å². The van der Waals surface area contributed by atoms with E-state index in [-0.39, 0.29) is 19.0 Å². The minimum absolute atomic E-state index is 0.0914. The van der Waals surface area contributed by atoms with Gasteiger partial charge in [-0.05, 0) is 30.9 Å². The Kier molecular flexibility index (Phi) is 7.81. The molecule has 4 heterocycles. The molecule has 35 heavy (non-hydrogen) atoms. The molecule has 1 N–H and O–H groups in total. The van der Waals surface area contributed by atoms with Crippen molar-refractivity contribution in [1.29, 1.82) is 0 Å². The van der Waals surface area contributed by atoms with Gasteiger partial charge in [-0.25, -0.2) is 15.0 Å². The molecule has 0 spiro atoms. The Morgan fingerprint density at radius 2 is 1.94 bits per heavy atom. The van der Waals surface area contributed by atoms with Crippen molar-refractivity contribution in [3.63, 3.8) is 0 Å². The number of ether oxygens (including phenoxy) is 3. The highest BCUT2D eigenvalue weighted by Gasteiger charge is 2.27. The molecule has 3 aromatic rings. The van der Waals surface area contributed by atoms with E-state index in [0.717, 1.165) is 18.4 Å². The van der Waals surface area contributed by atoms with E-state index in [1.165, 1.54) is 11.7 Å². The maximum atomic E-state index is 13.3. The highest BCUT2D eigenvalue weighted by molar-refractivity contribution is 5.78. The summed E-state index contributed by atoms with van der Waals surface area (Å²) < 4.78 is 54.1. The van der Waals surface area contributed by atoms with Gasteiger partial charge in [0.15, 0.2) is 11.5 Å². The van der Waals surface area contributed by atoms with Crippen LogP contribution in [0.15, 0.2) is 35.4 Å². The molecule has 12 heteroatoms. The maximum absolute atomic E-state index is 13.3. The monoisotopic (exact) mass is 493 g/mol. The van der Waals surface area contributed by atoms with Crippen LogP contribution in [0.25, 0.3) is 22.3 Å². The van der Waals surface area contributed by atoms with Crippen LogP contribution < -0.4 is 15.6 Å². The first-order valence-electron chi connectivity index (χ1n) is 11.2. The SMILES string of the molecule is COc1ccc(-c2cnc3nc(NCC4CCOCC4)c(=O)n(CCOCC(F)(F)F)c3c2)cn1. The predicted molar refractivity (Wildman–Crippen MR) is 122 cm³/mol. The second kappa shape index (κ2) is 11.0. The summed E-state index contributed by atoms with van der Waals surface area (Å²) in [4.78, 5) is 26.3. The zero-order chi connectivity index (χ0) is 24.8. The third-order valence-corrected chi connectivity index (χ3v) is 5.71. The van der Waals surface area contributed by atoms with Gasteiger partial charge in [-0.3, -0.25) is 9.36 Å². The molecule has 188 valence electrons. The second-order valence-corrected chi connectivity index (χ2v) is 8.18. The summed E-state index contributed by atoms with van der Waals surface area (Å²) in [6, 6.07) is 5.20. The molecule has 9 nitrogen and oxygen atoms in total. The number of rotatable bonds is 9. The molecule has 1 aliphatic rings. The molecule has 0 bridgehead atoms. The molecule has 0 saturated carbocycles. The average Bonchev–Trinajstić information content (AvgIpc) is 2.86. The lowest BCUT2D eigenvalue weighted by Gasteiger charge is -2.22. The Hall–Kier alpha value is -3.25. The van der Waals surface area contributed by atoms with Crippen molar-refractivity contribution in [3.8, 4) is 17.0 Å². The smallest absolute Gasteiger partial charge is 0.411 e. The number of methoxy groups -OCH3 is 1. The first-order chi connectivity index (χ1) is 16.8. The van der Waals surface area contributed by atoms with Gasteiger partial charge in [-0.15, -0.1) is 0 Å². The molecule has 0 aromatic carbocycles. The molecule has 0 atom stereocenters. The van der Waals surface area contributed by atoms with Crippen LogP contribution in [0, 0.1) is 5.92 Å². The van der Waals surface area contributed by atoms with Gasteiger partial charge in [-0.1, -0.05) is 0 Å². The van der Waals surface area contributed by atoms with Crippen molar-refractivity contribution in [2.45, 2.75) is 25.6 Å². The summed E-state index contributed by atoms with van der Waals surface area (Å²) >= 11 is 0. The van der Waals surface area contributed by atoms with E-state index in [2.05, 4.69) is 20.3 Å². The van der Waals surface area contributed by atoms with Crippen molar-refractivity contribution in [2.24, 2.45) is 5.92 Å². The minimum atomic E-state index is -4.45. The Morgan fingerprint density at radius 1 is 1.17 bits per heavy atom. The summed E-state index contributed by atoms with van der Waals surface area (Å²) in [6.45, 7) is 0.0989. The Bertz CT molecular complexity index is 1190. The number of nitrogens with one attached hydrogen (secondary N) is 1. The van der Waals surface area contributed by atoms with Crippen LogP contribution in [-0.2, 0) is 16.0 Å². The fourth-order valence-electron chi connectivity index (χ4n) is 3.82. The summed E-state index contributed by atoms with van der Waals surface area (Å²) in [5.41, 5.74) is 1.62. The first-order valence-corrected chi connectivity index (χ1v) is 11.2. The third-order valence-electron chi connectivity index (χ3n) is 5.71. The summed E-state index contributed by atoms with van der Waals surface area (Å²) in [5.74, 6) is 0.886. The van der Waals surface area contributed by atoms with Crippen LogP contribution in [0.1, 0.15) is 12.8 Å². The van der Waals surface area contributed by atoms with Crippen molar-refractivity contribution >= 4 is 17.0 Å². The zero-order valence-corrected chi connectivity index (χ0v) is 19.2. The summed E-state index contributed by atoms with van der Waals surface area (Å²) in [5, 5.41) is 3.10. The highest BCUT2D eigenvalue weighted by Crippen LogP contribution is 2.23. The number of pyridine rings is 2. The quantitative estimate of drug-likeness (QED) is 0.454. The molecule has 0 radical (unpaired) electrons. The molecule has 1 saturated heterocycles.